The Bertz CT molecular complexity index is 400. The van der Waals surface area contributed by atoms with Gasteiger partial charge in [0.15, 0.2) is 0 Å². The number of nitrogens with one attached hydrogen (secondary N) is 2. The minimum Gasteiger partial charge on any atom is -0.371 e. The Hall–Kier alpha value is -1.71. The Morgan fingerprint density at radius 3 is 2.67 bits per heavy atom. The van der Waals surface area contributed by atoms with Gasteiger partial charge in [-0.25, -0.2) is 4.79 Å². The van der Waals surface area contributed by atoms with E-state index in [1.54, 1.807) is 7.05 Å². The van der Waals surface area contributed by atoms with Crippen LogP contribution < -0.4 is 15.5 Å². The summed E-state index contributed by atoms with van der Waals surface area (Å²) in [5.74, 6) is 0. The third-order valence-corrected chi connectivity index (χ3v) is 3.35. The fraction of sp³-hybridized carbons (Fsp3) is 0.500. The molecule has 1 aromatic rings. The molecule has 0 radical (unpaired) electrons. The second kappa shape index (κ2) is 6.28. The van der Waals surface area contributed by atoms with Crippen molar-refractivity contribution in [3.05, 3.63) is 29.8 Å². The Balaban J connectivity index is 2.06. The molecule has 1 saturated heterocycles. The molecule has 18 heavy (non-hydrogen) atoms. The Labute approximate surface area is 108 Å². The molecule has 2 amide bonds. The molecule has 2 N–H and O–H groups in total. The number of hydrogen-bond acceptors (Lipinski definition) is 2. The van der Waals surface area contributed by atoms with E-state index in [-0.39, 0.29) is 6.03 Å². The summed E-state index contributed by atoms with van der Waals surface area (Å²) in [6, 6.07) is 8.18. The smallest absolute Gasteiger partial charge is 0.314 e. The topological polar surface area (TPSA) is 44.4 Å². The van der Waals surface area contributed by atoms with Gasteiger partial charge in [-0.15, -0.1) is 0 Å². The summed E-state index contributed by atoms with van der Waals surface area (Å²) in [5.41, 5.74) is 2.44. The third-order valence-electron chi connectivity index (χ3n) is 3.35. The second-order valence-electron chi connectivity index (χ2n) is 4.61. The Kier molecular flexibility index (Phi) is 4.45. The molecule has 1 aliphatic rings. The van der Waals surface area contributed by atoms with Crippen LogP contribution in [0.2, 0.25) is 0 Å². The van der Waals surface area contributed by atoms with Crippen LogP contribution >= 0.6 is 0 Å². The summed E-state index contributed by atoms with van der Waals surface area (Å²) in [6.07, 6.45) is 3.85. The lowest BCUT2D eigenvalue weighted by Crippen LogP contribution is -2.34. The first-order valence-electron chi connectivity index (χ1n) is 6.59. The molecule has 0 aromatic heterocycles. The minimum atomic E-state index is -0.136. The molecular formula is C14H21N3O. The predicted molar refractivity (Wildman–Crippen MR) is 73.8 cm³/mol. The van der Waals surface area contributed by atoms with Crippen molar-refractivity contribution in [2.24, 2.45) is 0 Å². The van der Waals surface area contributed by atoms with Gasteiger partial charge < -0.3 is 15.5 Å². The minimum absolute atomic E-state index is 0.136. The van der Waals surface area contributed by atoms with Crippen molar-refractivity contribution in [1.82, 2.24) is 10.6 Å². The fourth-order valence-corrected chi connectivity index (χ4v) is 2.37. The number of para-hydroxylation sites is 1. The van der Waals surface area contributed by atoms with Crippen molar-refractivity contribution in [3.8, 4) is 0 Å². The number of nitrogens with zero attached hydrogens (tertiary/aromatic N) is 1. The summed E-state index contributed by atoms with van der Waals surface area (Å²) >= 11 is 0. The lowest BCUT2D eigenvalue weighted by atomic mass is 10.1. The van der Waals surface area contributed by atoms with E-state index in [2.05, 4.69) is 33.7 Å². The molecule has 0 unspecified atom stereocenters. The zero-order valence-electron chi connectivity index (χ0n) is 10.9. The lowest BCUT2D eigenvalue weighted by Gasteiger charge is -2.30. The lowest BCUT2D eigenvalue weighted by molar-refractivity contribution is 0.242. The zero-order chi connectivity index (χ0) is 12.8. The van der Waals surface area contributed by atoms with Crippen LogP contribution in [0.4, 0.5) is 10.5 Å². The summed E-state index contributed by atoms with van der Waals surface area (Å²) < 4.78 is 0. The van der Waals surface area contributed by atoms with Gasteiger partial charge in [-0.1, -0.05) is 18.2 Å². The normalized spacial score (nSPS) is 15.3. The maximum atomic E-state index is 11.2. The number of anilines is 1. The van der Waals surface area contributed by atoms with E-state index >= 15 is 0 Å². The molecule has 1 fully saturated rings. The highest BCUT2D eigenvalue weighted by Gasteiger charge is 2.14. The highest BCUT2D eigenvalue weighted by Crippen LogP contribution is 2.23. The molecule has 4 nitrogen and oxygen atoms in total. The molecule has 4 heteroatoms. The molecule has 0 aliphatic carbocycles. The van der Waals surface area contributed by atoms with Gasteiger partial charge in [0.25, 0.3) is 0 Å². The van der Waals surface area contributed by atoms with Gasteiger partial charge in [-0.3, -0.25) is 0 Å². The third kappa shape index (κ3) is 3.15. The number of urea groups is 1. The maximum absolute atomic E-state index is 11.2. The highest BCUT2D eigenvalue weighted by molar-refractivity contribution is 5.73. The standard InChI is InChI=1S/C14H21N3O/c1-15-14(18)16-11-12-7-3-4-8-13(12)17-9-5-2-6-10-17/h3-4,7-8H,2,5-6,9-11H2,1H3,(H2,15,16,18). The molecule has 0 spiro atoms. The molecule has 1 heterocycles. The summed E-state index contributed by atoms with van der Waals surface area (Å²) in [5, 5.41) is 5.42. The first kappa shape index (κ1) is 12.7. The van der Waals surface area contributed by atoms with Crippen molar-refractivity contribution >= 4 is 11.7 Å². The van der Waals surface area contributed by atoms with E-state index in [1.807, 2.05) is 6.07 Å². The summed E-state index contributed by atoms with van der Waals surface area (Å²) in [6.45, 7) is 2.82. The molecule has 0 atom stereocenters. The van der Waals surface area contributed by atoms with Crippen molar-refractivity contribution in [1.29, 1.82) is 0 Å². The van der Waals surface area contributed by atoms with E-state index in [0.717, 1.165) is 13.1 Å². The number of benzene rings is 1. The molecule has 0 saturated carbocycles. The molecule has 1 aliphatic heterocycles. The average Bonchev–Trinajstić information content (AvgIpc) is 2.46. The van der Waals surface area contributed by atoms with E-state index in [1.165, 1.54) is 30.5 Å². The van der Waals surface area contributed by atoms with Crippen molar-refractivity contribution in [2.45, 2.75) is 25.8 Å². The summed E-state index contributed by atoms with van der Waals surface area (Å²) in [4.78, 5) is 13.7. The van der Waals surface area contributed by atoms with E-state index in [9.17, 15) is 4.79 Å². The highest BCUT2D eigenvalue weighted by atomic mass is 16.2. The van der Waals surface area contributed by atoms with Crippen LogP contribution in [0.15, 0.2) is 24.3 Å². The number of hydrogen-bond donors (Lipinski definition) is 2. The van der Waals surface area contributed by atoms with E-state index < -0.39 is 0 Å². The number of carbonyl (C=O) groups excluding carboxylic acids is 1. The number of carbonyl (C=O) groups is 1. The first-order chi connectivity index (χ1) is 8.81. The van der Waals surface area contributed by atoms with Crippen LogP contribution in [0.3, 0.4) is 0 Å². The van der Waals surface area contributed by atoms with Gasteiger partial charge in [-0.05, 0) is 30.9 Å². The average molecular weight is 247 g/mol. The molecule has 2 rings (SSSR count). The van der Waals surface area contributed by atoms with Gasteiger partial charge in [0, 0.05) is 32.4 Å². The molecule has 98 valence electrons. The van der Waals surface area contributed by atoms with Gasteiger partial charge in [0.05, 0.1) is 0 Å². The Morgan fingerprint density at radius 2 is 1.94 bits per heavy atom. The second-order valence-corrected chi connectivity index (χ2v) is 4.61. The fourth-order valence-electron chi connectivity index (χ4n) is 2.37. The van der Waals surface area contributed by atoms with E-state index in [0.29, 0.717) is 6.54 Å². The SMILES string of the molecule is CNC(=O)NCc1ccccc1N1CCCCC1. The first-order valence-corrected chi connectivity index (χ1v) is 6.59. The number of rotatable bonds is 3. The van der Waals surface area contributed by atoms with E-state index in [4.69, 9.17) is 0 Å². The van der Waals surface area contributed by atoms with Crippen LogP contribution in [-0.4, -0.2) is 26.2 Å². The Morgan fingerprint density at radius 1 is 1.22 bits per heavy atom. The van der Waals surface area contributed by atoms with Crippen LogP contribution in [0.5, 0.6) is 0 Å². The predicted octanol–water partition coefficient (Wildman–Crippen LogP) is 2.11. The maximum Gasteiger partial charge on any atom is 0.314 e. The van der Waals surface area contributed by atoms with Gasteiger partial charge >= 0.3 is 6.03 Å². The van der Waals surface area contributed by atoms with Gasteiger partial charge in [0.2, 0.25) is 0 Å². The zero-order valence-corrected chi connectivity index (χ0v) is 10.9. The molecule has 0 bridgehead atoms. The molecule has 1 aromatic carbocycles. The van der Waals surface area contributed by atoms with Gasteiger partial charge in [-0.2, -0.15) is 0 Å². The number of amides is 2. The quantitative estimate of drug-likeness (QED) is 0.859. The largest absolute Gasteiger partial charge is 0.371 e. The number of piperidine rings is 1. The van der Waals surface area contributed by atoms with Crippen molar-refractivity contribution < 1.29 is 4.79 Å². The monoisotopic (exact) mass is 247 g/mol. The van der Waals surface area contributed by atoms with Crippen LogP contribution in [-0.2, 0) is 6.54 Å². The van der Waals surface area contributed by atoms with Crippen molar-refractivity contribution in [2.75, 3.05) is 25.0 Å². The van der Waals surface area contributed by atoms with Crippen LogP contribution in [0, 0.1) is 0 Å². The van der Waals surface area contributed by atoms with Crippen LogP contribution in [0.1, 0.15) is 24.8 Å². The van der Waals surface area contributed by atoms with Crippen molar-refractivity contribution in [3.63, 3.8) is 0 Å². The van der Waals surface area contributed by atoms with Gasteiger partial charge in [0.1, 0.15) is 0 Å². The summed E-state index contributed by atoms with van der Waals surface area (Å²) in [7, 11) is 1.63. The van der Waals surface area contributed by atoms with Crippen LogP contribution in [0.25, 0.3) is 0 Å². The molecular weight excluding hydrogens is 226 g/mol.